The molecule has 102 valence electrons. The fraction of sp³-hybridized carbons (Fsp3) is 0.0714. The van der Waals surface area contributed by atoms with Crippen molar-refractivity contribution < 1.29 is 14.5 Å². The van der Waals surface area contributed by atoms with Gasteiger partial charge in [0.05, 0.1) is 10.5 Å². The summed E-state index contributed by atoms with van der Waals surface area (Å²) in [5.41, 5.74) is 0.544. The predicted molar refractivity (Wildman–Crippen MR) is 74.7 cm³/mol. The smallest absolute Gasteiger partial charge is 0.280 e. The minimum absolute atomic E-state index is 0.0286. The first kappa shape index (κ1) is 14.0. The maximum absolute atomic E-state index is 10.9. The molecule has 0 spiro atoms. The summed E-state index contributed by atoms with van der Waals surface area (Å²) in [5, 5.41) is 11.3. The van der Waals surface area contributed by atoms with Crippen molar-refractivity contribution in [3.63, 3.8) is 0 Å². The van der Waals surface area contributed by atoms with Crippen LogP contribution >= 0.6 is 11.6 Å². The Bertz CT molecular complexity index is 685. The minimum Gasteiger partial charge on any atom is -0.457 e. The zero-order chi connectivity index (χ0) is 14.7. The van der Waals surface area contributed by atoms with Gasteiger partial charge in [0.2, 0.25) is 0 Å². The van der Waals surface area contributed by atoms with Crippen LogP contribution in [0.4, 0.5) is 5.69 Å². The first-order valence-electron chi connectivity index (χ1n) is 5.69. The molecule has 20 heavy (non-hydrogen) atoms. The number of benzene rings is 2. The van der Waals surface area contributed by atoms with Gasteiger partial charge in [0.15, 0.2) is 6.29 Å². The molecule has 0 saturated carbocycles. The molecular weight excluding hydrogens is 282 g/mol. The van der Waals surface area contributed by atoms with Crippen molar-refractivity contribution in [2.24, 2.45) is 0 Å². The molecule has 0 atom stereocenters. The van der Waals surface area contributed by atoms with Crippen molar-refractivity contribution in [2.75, 3.05) is 0 Å². The number of ether oxygens (including phenoxy) is 1. The summed E-state index contributed by atoms with van der Waals surface area (Å²) in [4.78, 5) is 21.0. The van der Waals surface area contributed by atoms with Crippen molar-refractivity contribution in [3.05, 3.63) is 62.7 Å². The van der Waals surface area contributed by atoms with Gasteiger partial charge >= 0.3 is 0 Å². The van der Waals surface area contributed by atoms with E-state index in [0.717, 1.165) is 5.56 Å². The summed E-state index contributed by atoms with van der Waals surface area (Å²) in [6.07, 6.45) is 0.430. The number of nitro benzene ring substituents is 1. The SMILES string of the molecule is Cc1cc(Cl)ccc1Oc1ccc([N+](=O)[O-])c(C=O)c1. The van der Waals surface area contributed by atoms with Crippen molar-refractivity contribution in [1.29, 1.82) is 0 Å². The fourth-order valence-corrected chi connectivity index (χ4v) is 1.94. The maximum atomic E-state index is 10.9. The molecule has 0 N–H and O–H groups in total. The zero-order valence-electron chi connectivity index (χ0n) is 10.5. The van der Waals surface area contributed by atoms with E-state index >= 15 is 0 Å². The Morgan fingerprint density at radius 1 is 1.25 bits per heavy atom. The van der Waals surface area contributed by atoms with Gasteiger partial charge in [-0.2, -0.15) is 0 Å². The van der Waals surface area contributed by atoms with Gasteiger partial charge in [0.1, 0.15) is 11.5 Å². The molecule has 0 fully saturated rings. The molecule has 0 aliphatic carbocycles. The quantitative estimate of drug-likeness (QED) is 0.482. The van der Waals surface area contributed by atoms with Crippen LogP contribution in [0, 0.1) is 17.0 Å². The summed E-state index contributed by atoms with van der Waals surface area (Å²) >= 11 is 5.85. The average molecular weight is 292 g/mol. The molecular formula is C14H10ClNO4. The number of nitrogens with zero attached hydrogens (tertiary/aromatic N) is 1. The standard InChI is InChI=1S/C14H10ClNO4/c1-9-6-11(15)2-5-14(9)20-12-3-4-13(16(18)19)10(7-12)8-17/h2-8H,1H3. The number of carbonyl (C=O) groups excluding carboxylic acids is 1. The predicted octanol–water partition coefficient (Wildman–Crippen LogP) is 4.16. The molecule has 0 aliphatic rings. The van der Waals surface area contributed by atoms with Crippen molar-refractivity contribution in [3.8, 4) is 11.5 Å². The molecule has 0 amide bonds. The largest absolute Gasteiger partial charge is 0.457 e. The molecule has 0 unspecified atom stereocenters. The Morgan fingerprint density at radius 3 is 2.60 bits per heavy atom. The van der Waals surface area contributed by atoms with Gasteiger partial charge in [-0.05, 0) is 42.8 Å². The molecule has 0 bridgehead atoms. The highest BCUT2D eigenvalue weighted by atomic mass is 35.5. The Kier molecular flexibility index (Phi) is 4.00. The number of hydrogen-bond donors (Lipinski definition) is 0. The first-order chi connectivity index (χ1) is 9.51. The average Bonchev–Trinajstić information content (AvgIpc) is 2.41. The highest BCUT2D eigenvalue weighted by Crippen LogP contribution is 2.29. The van der Waals surface area contributed by atoms with Crippen LogP contribution in [-0.2, 0) is 0 Å². The summed E-state index contributed by atoms with van der Waals surface area (Å²) < 4.78 is 5.60. The van der Waals surface area contributed by atoms with E-state index < -0.39 is 4.92 Å². The van der Waals surface area contributed by atoms with E-state index in [9.17, 15) is 14.9 Å². The fourth-order valence-electron chi connectivity index (χ4n) is 1.71. The topological polar surface area (TPSA) is 69.4 Å². The highest BCUT2D eigenvalue weighted by Gasteiger charge is 2.14. The monoisotopic (exact) mass is 291 g/mol. The van der Waals surface area contributed by atoms with Gasteiger partial charge in [-0.15, -0.1) is 0 Å². The van der Waals surface area contributed by atoms with Crippen molar-refractivity contribution in [1.82, 2.24) is 0 Å². The van der Waals surface area contributed by atoms with Gasteiger partial charge in [0.25, 0.3) is 5.69 Å². The summed E-state index contributed by atoms with van der Waals surface area (Å²) in [6, 6.07) is 9.13. The molecule has 0 saturated heterocycles. The van der Waals surface area contributed by atoms with Crippen LogP contribution in [-0.4, -0.2) is 11.2 Å². The molecule has 0 radical (unpaired) electrons. The zero-order valence-corrected chi connectivity index (χ0v) is 11.3. The van der Waals surface area contributed by atoms with Crippen LogP contribution in [0.2, 0.25) is 5.02 Å². The number of hydrogen-bond acceptors (Lipinski definition) is 4. The lowest BCUT2D eigenvalue weighted by Gasteiger charge is -2.09. The number of aldehydes is 1. The van der Waals surface area contributed by atoms with Gasteiger partial charge < -0.3 is 4.74 Å². The summed E-state index contributed by atoms with van der Waals surface area (Å²) in [5.74, 6) is 0.920. The van der Waals surface area contributed by atoms with E-state index in [1.165, 1.54) is 18.2 Å². The summed E-state index contributed by atoms with van der Waals surface area (Å²) in [6.45, 7) is 1.83. The third-order valence-electron chi connectivity index (χ3n) is 2.69. The van der Waals surface area contributed by atoms with Crippen molar-refractivity contribution in [2.45, 2.75) is 6.92 Å². The lowest BCUT2D eigenvalue weighted by Crippen LogP contribution is -1.95. The van der Waals surface area contributed by atoms with Crippen LogP contribution in [0.1, 0.15) is 15.9 Å². The Morgan fingerprint density at radius 2 is 2.00 bits per heavy atom. The van der Waals surface area contributed by atoms with E-state index in [1.54, 1.807) is 18.2 Å². The van der Waals surface area contributed by atoms with Crippen LogP contribution in [0.3, 0.4) is 0 Å². The third-order valence-corrected chi connectivity index (χ3v) is 2.92. The molecule has 5 nitrogen and oxygen atoms in total. The lowest BCUT2D eigenvalue weighted by atomic mass is 10.2. The number of halogens is 1. The Hall–Kier alpha value is -2.40. The van der Waals surface area contributed by atoms with E-state index in [1.807, 2.05) is 6.92 Å². The Labute approximate surface area is 119 Å². The van der Waals surface area contributed by atoms with Gasteiger partial charge in [-0.1, -0.05) is 11.6 Å². The molecule has 0 heterocycles. The van der Waals surface area contributed by atoms with Gasteiger partial charge in [-0.3, -0.25) is 14.9 Å². The van der Waals surface area contributed by atoms with Crippen LogP contribution in [0.15, 0.2) is 36.4 Å². The second-order valence-electron chi connectivity index (χ2n) is 4.11. The van der Waals surface area contributed by atoms with E-state index in [4.69, 9.17) is 16.3 Å². The second-order valence-corrected chi connectivity index (χ2v) is 4.54. The minimum atomic E-state index is -0.610. The van der Waals surface area contributed by atoms with Crippen LogP contribution in [0.25, 0.3) is 0 Å². The first-order valence-corrected chi connectivity index (χ1v) is 6.06. The van der Waals surface area contributed by atoms with Crippen molar-refractivity contribution >= 4 is 23.6 Å². The molecule has 0 aromatic heterocycles. The molecule has 0 aliphatic heterocycles. The number of carbonyl (C=O) groups is 1. The Balaban J connectivity index is 2.34. The van der Waals surface area contributed by atoms with E-state index in [2.05, 4.69) is 0 Å². The number of aryl methyl sites for hydroxylation is 1. The maximum Gasteiger partial charge on any atom is 0.280 e. The van der Waals surface area contributed by atoms with E-state index in [-0.39, 0.29) is 11.3 Å². The highest BCUT2D eigenvalue weighted by molar-refractivity contribution is 6.30. The van der Waals surface area contributed by atoms with Gasteiger partial charge in [-0.25, -0.2) is 0 Å². The van der Waals surface area contributed by atoms with Crippen LogP contribution < -0.4 is 4.74 Å². The number of rotatable bonds is 4. The number of nitro groups is 1. The third kappa shape index (κ3) is 2.95. The molecule has 2 rings (SSSR count). The lowest BCUT2D eigenvalue weighted by molar-refractivity contribution is -0.385. The molecule has 2 aromatic rings. The normalized spacial score (nSPS) is 10.1. The van der Waals surface area contributed by atoms with E-state index in [0.29, 0.717) is 22.8 Å². The summed E-state index contributed by atoms with van der Waals surface area (Å²) in [7, 11) is 0. The molecule has 6 heteroatoms. The second kappa shape index (κ2) is 5.71. The molecule has 2 aromatic carbocycles. The van der Waals surface area contributed by atoms with Crippen LogP contribution in [0.5, 0.6) is 11.5 Å². The van der Waals surface area contributed by atoms with Gasteiger partial charge in [0, 0.05) is 11.1 Å².